The average molecular weight is 297 g/mol. The summed E-state index contributed by atoms with van der Waals surface area (Å²) < 4.78 is 5.73. The van der Waals surface area contributed by atoms with Gasteiger partial charge in [-0.2, -0.15) is 0 Å². The molecule has 2 heterocycles. The highest BCUT2D eigenvalue weighted by Crippen LogP contribution is 2.13. The molecule has 5 nitrogen and oxygen atoms in total. The van der Waals surface area contributed by atoms with E-state index in [1.54, 1.807) is 0 Å². The predicted octanol–water partition coefficient (Wildman–Crippen LogP) is 1.09. The smallest absolute Gasteiger partial charge is 0.234 e. The van der Waals surface area contributed by atoms with Crippen molar-refractivity contribution >= 4 is 5.91 Å². The van der Waals surface area contributed by atoms with E-state index >= 15 is 0 Å². The molecule has 2 fully saturated rings. The van der Waals surface area contributed by atoms with Gasteiger partial charge in [0, 0.05) is 32.3 Å². The van der Waals surface area contributed by atoms with E-state index in [9.17, 15) is 4.79 Å². The summed E-state index contributed by atoms with van der Waals surface area (Å²) in [5, 5.41) is 3.18. The Kier molecular flexibility index (Phi) is 6.93. The van der Waals surface area contributed by atoms with Crippen LogP contribution >= 0.6 is 0 Å². The molecular formula is C16H31N3O2. The quantitative estimate of drug-likeness (QED) is 0.797. The van der Waals surface area contributed by atoms with E-state index in [-0.39, 0.29) is 5.91 Å². The number of amides is 1. The number of likely N-dealkylation sites (tertiary alicyclic amines) is 1. The molecular weight excluding hydrogens is 266 g/mol. The Morgan fingerprint density at radius 1 is 1.29 bits per heavy atom. The number of rotatable bonds is 6. The highest BCUT2D eigenvalue weighted by molar-refractivity contribution is 5.78. The van der Waals surface area contributed by atoms with Crippen LogP contribution in [0.4, 0.5) is 0 Å². The van der Waals surface area contributed by atoms with Gasteiger partial charge in [-0.15, -0.1) is 0 Å². The van der Waals surface area contributed by atoms with Crippen LogP contribution in [0.5, 0.6) is 0 Å². The third-order valence-corrected chi connectivity index (χ3v) is 4.60. The van der Waals surface area contributed by atoms with Crippen molar-refractivity contribution in [3.8, 4) is 0 Å². The second-order valence-corrected chi connectivity index (χ2v) is 6.46. The van der Waals surface area contributed by atoms with Gasteiger partial charge in [-0.25, -0.2) is 0 Å². The molecule has 0 aromatic heterocycles. The van der Waals surface area contributed by atoms with Crippen molar-refractivity contribution in [1.29, 1.82) is 0 Å². The van der Waals surface area contributed by atoms with E-state index in [4.69, 9.17) is 4.74 Å². The van der Waals surface area contributed by atoms with Crippen LogP contribution in [-0.4, -0.2) is 74.2 Å². The predicted molar refractivity (Wildman–Crippen MR) is 84.4 cm³/mol. The van der Waals surface area contributed by atoms with Crippen molar-refractivity contribution in [3.63, 3.8) is 0 Å². The van der Waals surface area contributed by atoms with Gasteiger partial charge in [-0.05, 0) is 45.7 Å². The second kappa shape index (κ2) is 8.71. The molecule has 1 atom stereocenters. The molecule has 2 saturated heterocycles. The van der Waals surface area contributed by atoms with Crippen LogP contribution in [-0.2, 0) is 9.53 Å². The van der Waals surface area contributed by atoms with Gasteiger partial charge < -0.3 is 15.0 Å². The fourth-order valence-corrected chi connectivity index (χ4v) is 3.28. The molecule has 122 valence electrons. The molecule has 1 amide bonds. The maximum Gasteiger partial charge on any atom is 0.234 e. The van der Waals surface area contributed by atoms with Crippen LogP contribution in [0.3, 0.4) is 0 Å². The van der Waals surface area contributed by atoms with Crippen molar-refractivity contribution in [2.24, 2.45) is 0 Å². The minimum atomic E-state index is 0.156. The molecule has 0 aromatic carbocycles. The van der Waals surface area contributed by atoms with Crippen LogP contribution in [0.2, 0.25) is 0 Å². The summed E-state index contributed by atoms with van der Waals surface area (Å²) in [7, 11) is 2.01. The Morgan fingerprint density at radius 2 is 2.05 bits per heavy atom. The first kappa shape index (κ1) is 16.7. The molecule has 0 radical (unpaired) electrons. The first-order valence-electron chi connectivity index (χ1n) is 8.49. The van der Waals surface area contributed by atoms with Crippen LogP contribution in [0.1, 0.15) is 39.0 Å². The summed E-state index contributed by atoms with van der Waals surface area (Å²) in [6.45, 7) is 7.74. The van der Waals surface area contributed by atoms with Gasteiger partial charge in [0.15, 0.2) is 0 Å². The van der Waals surface area contributed by atoms with Gasteiger partial charge in [0.05, 0.1) is 12.6 Å². The zero-order valence-electron chi connectivity index (χ0n) is 13.6. The normalized spacial score (nSPS) is 25.2. The van der Waals surface area contributed by atoms with Crippen molar-refractivity contribution in [1.82, 2.24) is 15.1 Å². The monoisotopic (exact) mass is 297 g/mol. The summed E-state index contributed by atoms with van der Waals surface area (Å²) in [4.78, 5) is 16.6. The van der Waals surface area contributed by atoms with Crippen LogP contribution in [0, 0.1) is 0 Å². The Balaban J connectivity index is 1.62. The van der Waals surface area contributed by atoms with E-state index in [0.29, 0.717) is 18.7 Å². The second-order valence-electron chi connectivity index (χ2n) is 6.46. The highest BCUT2D eigenvalue weighted by atomic mass is 16.5. The number of likely N-dealkylation sites (N-methyl/N-ethyl adjacent to an activating group) is 1. The van der Waals surface area contributed by atoms with Crippen molar-refractivity contribution in [2.75, 3.05) is 46.4 Å². The Morgan fingerprint density at radius 3 is 2.67 bits per heavy atom. The molecule has 2 rings (SSSR count). The molecule has 2 aliphatic heterocycles. The summed E-state index contributed by atoms with van der Waals surface area (Å²) in [5.41, 5.74) is 0. The third-order valence-electron chi connectivity index (χ3n) is 4.60. The Hall–Kier alpha value is -0.650. The summed E-state index contributed by atoms with van der Waals surface area (Å²) in [6.07, 6.45) is 6.02. The zero-order chi connectivity index (χ0) is 15.1. The molecule has 21 heavy (non-hydrogen) atoms. The van der Waals surface area contributed by atoms with E-state index in [1.165, 1.54) is 12.8 Å². The van der Waals surface area contributed by atoms with Gasteiger partial charge in [0.2, 0.25) is 5.91 Å². The molecule has 0 bridgehead atoms. The largest absolute Gasteiger partial charge is 0.377 e. The van der Waals surface area contributed by atoms with E-state index in [2.05, 4.69) is 22.0 Å². The fraction of sp³-hybridized carbons (Fsp3) is 0.938. The molecule has 0 saturated carbocycles. The zero-order valence-corrected chi connectivity index (χ0v) is 13.6. The first-order valence-corrected chi connectivity index (χ1v) is 8.49. The van der Waals surface area contributed by atoms with Gasteiger partial charge in [-0.1, -0.05) is 6.92 Å². The molecule has 0 aliphatic carbocycles. The number of hydrogen-bond donors (Lipinski definition) is 1. The maximum absolute atomic E-state index is 12.1. The molecule has 1 unspecified atom stereocenters. The Labute approximate surface area is 129 Å². The van der Waals surface area contributed by atoms with Gasteiger partial charge in [0.1, 0.15) is 0 Å². The molecule has 0 aromatic rings. The SMILES string of the molecule is CCN1CCC(NC(=O)CN(C)CC2CCCCO2)CC1. The van der Waals surface area contributed by atoms with Gasteiger partial charge in [-0.3, -0.25) is 9.69 Å². The highest BCUT2D eigenvalue weighted by Gasteiger charge is 2.21. The summed E-state index contributed by atoms with van der Waals surface area (Å²) in [6, 6.07) is 0.361. The van der Waals surface area contributed by atoms with E-state index in [0.717, 1.165) is 52.0 Å². The third kappa shape index (κ3) is 5.93. The molecule has 5 heteroatoms. The molecule has 2 aliphatic rings. The number of nitrogens with zero attached hydrogens (tertiary/aromatic N) is 2. The topological polar surface area (TPSA) is 44.8 Å². The average Bonchev–Trinajstić information content (AvgIpc) is 2.48. The van der Waals surface area contributed by atoms with Crippen LogP contribution in [0.25, 0.3) is 0 Å². The minimum Gasteiger partial charge on any atom is -0.377 e. The number of ether oxygens (including phenoxy) is 1. The minimum absolute atomic E-state index is 0.156. The summed E-state index contributed by atoms with van der Waals surface area (Å²) in [5.74, 6) is 0.156. The lowest BCUT2D eigenvalue weighted by molar-refractivity contribution is -0.123. The Bertz CT molecular complexity index is 311. The number of carbonyl (C=O) groups is 1. The van der Waals surface area contributed by atoms with E-state index in [1.807, 2.05) is 7.05 Å². The molecule has 1 N–H and O–H groups in total. The number of nitrogens with one attached hydrogen (secondary N) is 1. The number of carbonyl (C=O) groups excluding carboxylic acids is 1. The lowest BCUT2D eigenvalue weighted by atomic mass is 10.1. The van der Waals surface area contributed by atoms with Crippen molar-refractivity contribution in [2.45, 2.75) is 51.2 Å². The number of piperidine rings is 1. The van der Waals surface area contributed by atoms with Crippen LogP contribution in [0.15, 0.2) is 0 Å². The van der Waals surface area contributed by atoms with Crippen LogP contribution < -0.4 is 5.32 Å². The first-order chi connectivity index (χ1) is 10.2. The van der Waals surface area contributed by atoms with Crippen molar-refractivity contribution in [3.05, 3.63) is 0 Å². The maximum atomic E-state index is 12.1. The van der Waals surface area contributed by atoms with Crippen molar-refractivity contribution < 1.29 is 9.53 Å². The summed E-state index contributed by atoms with van der Waals surface area (Å²) >= 11 is 0. The molecule has 0 spiro atoms. The van der Waals surface area contributed by atoms with Gasteiger partial charge >= 0.3 is 0 Å². The fourth-order valence-electron chi connectivity index (χ4n) is 3.28. The lowest BCUT2D eigenvalue weighted by Crippen LogP contribution is -2.47. The number of hydrogen-bond acceptors (Lipinski definition) is 4. The standard InChI is InChI=1S/C16H31N3O2/c1-3-19-9-7-14(8-10-19)17-16(20)13-18(2)12-15-6-4-5-11-21-15/h14-15H,3-13H2,1-2H3,(H,17,20). The lowest BCUT2D eigenvalue weighted by Gasteiger charge is -2.32. The van der Waals surface area contributed by atoms with Gasteiger partial charge in [0.25, 0.3) is 0 Å². The van der Waals surface area contributed by atoms with E-state index < -0.39 is 0 Å².